The van der Waals surface area contributed by atoms with Crippen molar-refractivity contribution in [2.24, 2.45) is 11.8 Å². The molecule has 1 unspecified atom stereocenters. The van der Waals surface area contributed by atoms with Crippen molar-refractivity contribution in [2.45, 2.75) is 33.2 Å². The molecule has 3 fully saturated rings. The SMILES string of the molecule is [B][N+]12CCC(CC1)C(Cn1c(=O)[nH]c3cc(C)c(C)cc31)C2. The lowest BCUT2D eigenvalue weighted by molar-refractivity contribution is -0.841. The van der Waals surface area contributed by atoms with Crippen LogP contribution in [0.2, 0.25) is 0 Å². The lowest BCUT2D eigenvalue weighted by Gasteiger charge is -2.51. The van der Waals surface area contributed by atoms with Gasteiger partial charge in [0.2, 0.25) is 0 Å². The van der Waals surface area contributed by atoms with Crippen LogP contribution < -0.4 is 5.69 Å². The van der Waals surface area contributed by atoms with Crippen molar-refractivity contribution >= 4 is 19.0 Å². The summed E-state index contributed by atoms with van der Waals surface area (Å²) in [6.07, 6.45) is 2.41. The Bertz CT molecular complexity index is 783. The summed E-state index contributed by atoms with van der Waals surface area (Å²) < 4.78 is 2.64. The average molecular weight is 296 g/mol. The van der Waals surface area contributed by atoms with Crippen LogP contribution in [0.3, 0.4) is 0 Å². The third kappa shape index (κ3) is 2.14. The van der Waals surface area contributed by atoms with Gasteiger partial charge < -0.3 is 9.38 Å². The number of piperidine rings is 3. The Morgan fingerprint density at radius 3 is 2.64 bits per heavy atom. The van der Waals surface area contributed by atoms with Crippen molar-refractivity contribution in [3.8, 4) is 0 Å². The van der Waals surface area contributed by atoms with Crippen molar-refractivity contribution < 1.29 is 4.39 Å². The van der Waals surface area contributed by atoms with Crippen LogP contribution in [0.5, 0.6) is 0 Å². The Morgan fingerprint density at radius 1 is 1.27 bits per heavy atom. The van der Waals surface area contributed by atoms with Gasteiger partial charge in [0.25, 0.3) is 0 Å². The number of quaternary nitrogens is 1. The van der Waals surface area contributed by atoms with E-state index in [4.69, 9.17) is 7.98 Å². The molecule has 1 atom stereocenters. The molecule has 0 spiro atoms. The molecule has 2 radical (unpaired) electrons. The number of nitrogens with zero attached hydrogens (tertiary/aromatic N) is 2. The predicted molar refractivity (Wildman–Crippen MR) is 88.9 cm³/mol. The Balaban J connectivity index is 1.71. The highest BCUT2D eigenvalue weighted by Crippen LogP contribution is 2.37. The molecule has 4 heterocycles. The van der Waals surface area contributed by atoms with E-state index in [1.807, 2.05) is 4.57 Å². The van der Waals surface area contributed by atoms with Crippen molar-refractivity contribution in [3.63, 3.8) is 0 Å². The minimum atomic E-state index is 0.0139. The van der Waals surface area contributed by atoms with E-state index in [9.17, 15) is 4.79 Å². The van der Waals surface area contributed by atoms with E-state index in [0.29, 0.717) is 10.3 Å². The molecule has 3 aliphatic heterocycles. The first-order chi connectivity index (χ1) is 10.5. The van der Waals surface area contributed by atoms with E-state index in [1.165, 1.54) is 24.0 Å². The van der Waals surface area contributed by atoms with Gasteiger partial charge in [-0.05, 0) is 55.9 Å². The van der Waals surface area contributed by atoms with E-state index in [2.05, 4.69) is 31.0 Å². The summed E-state index contributed by atoms with van der Waals surface area (Å²) in [5.74, 6) is 1.25. The van der Waals surface area contributed by atoms with Gasteiger partial charge in [-0.3, -0.25) is 4.57 Å². The number of nitrogens with one attached hydrogen (secondary N) is 1. The van der Waals surface area contributed by atoms with Crippen LogP contribution in [0, 0.1) is 25.7 Å². The summed E-state index contributed by atoms with van der Waals surface area (Å²) in [5.41, 5.74) is 4.45. The van der Waals surface area contributed by atoms with Crippen molar-refractivity contribution in [2.75, 3.05) is 19.6 Å². The molecular formula is C17H23BN3O+. The van der Waals surface area contributed by atoms with E-state index >= 15 is 0 Å². The molecule has 5 heteroatoms. The Kier molecular flexibility index (Phi) is 3.05. The number of hydrogen-bond donors (Lipinski definition) is 1. The molecule has 1 aromatic heterocycles. The number of aromatic nitrogens is 2. The van der Waals surface area contributed by atoms with Crippen LogP contribution in [0.4, 0.5) is 0 Å². The molecule has 0 saturated carbocycles. The fourth-order valence-corrected chi connectivity index (χ4v) is 4.41. The van der Waals surface area contributed by atoms with Crippen molar-refractivity contribution in [3.05, 3.63) is 33.7 Å². The summed E-state index contributed by atoms with van der Waals surface area (Å²) in [6, 6.07) is 4.22. The van der Waals surface area contributed by atoms with E-state index in [1.54, 1.807) is 0 Å². The number of aryl methyl sites for hydroxylation is 2. The van der Waals surface area contributed by atoms with Gasteiger partial charge in [0.15, 0.2) is 0 Å². The molecule has 2 aromatic rings. The van der Waals surface area contributed by atoms with Crippen LogP contribution in [-0.4, -0.2) is 41.6 Å². The summed E-state index contributed by atoms with van der Waals surface area (Å²) >= 11 is 0. The fourth-order valence-electron chi connectivity index (χ4n) is 4.41. The maximum atomic E-state index is 12.4. The maximum Gasteiger partial charge on any atom is 0.481 e. The zero-order valence-electron chi connectivity index (χ0n) is 13.4. The fraction of sp³-hybridized carbons (Fsp3) is 0.588. The molecule has 0 amide bonds. The van der Waals surface area contributed by atoms with Crippen molar-refractivity contribution in [1.29, 1.82) is 0 Å². The third-order valence-corrected chi connectivity index (χ3v) is 5.96. The number of hydrogen-bond acceptors (Lipinski definition) is 1. The first-order valence-electron chi connectivity index (χ1n) is 8.30. The topological polar surface area (TPSA) is 37.8 Å². The average Bonchev–Trinajstić information content (AvgIpc) is 2.76. The predicted octanol–water partition coefficient (Wildman–Crippen LogP) is 1.89. The lowest BCUT2D eigenvalue weighted by Crippen LogP contribution is -2.61. The second-order valence-electron chi connectivity index (χ2n) is 7.44. The second kappa shape index (κ2) is 4.75. The van der Waals surface area contributed by atoms with Crippen LogP contribution in [-0.2, 0) is 6.54 Å². The normalized spacial score (nSPS) is 31.0. The molecule has 3 saturated heterocycles. The highest BCUT2D eigenvalue weighted by Gasteiger charge is 2.43. The van der Waals surface area contributed by atoms with Crippen LogP contribution >= 0.6 is 0 Å². The minimum Gasteiger partial charge on any atom is -0.396 e. The van der Waals surface area contributed by atoms with Gasteiger partial charge in [0, 0.05) is 12.5 Å². The zero-order valence-corrected chi connectivity index (χ0v) is 13.4. The first-order valence-corrected chi connectivity index (χ1v) is 8.30. The first kappa shape index (κ1) is 14.1. The molecule has 22 heavy (non-hydrogen) atoms. The molecule has 4 nitrogen and oxygen atoms in total. The zero-order chi connectivity index (χ0) is 15.5. The van der Waals surface area contributed by atoms with Gasteiger partial charge in [-0.2, -0.15) is 0 Å². The second-order valence-corrected chi connectivity index (χ2v) is 7.44. The summed E-state index contributed by atoms with van der Waals surface area (Å²) in [7, 11) is 6.45. The number of H-pyrrole nitrogens is 1. The number of aromatic amines is 1. The number of fused-ring (bicyclic) bond motifs is 4. The molecule has 1 N–H and O–H groups in total. The van der Waals surface area contributed by atoms with Gasteiger partial charge in [0.1, 0.15) is 0 Å². The largest absolute Gasteiger partial charge is 0.481 e. The number of imidazole rings is 1. The quantitative estimate of drug-likeness (QED) is 0.844. The van der Waals surface area contributed by atoms with Gasteiger partial charge in [-0.1, -0.05) is 0 Å². The smallest absolute Gasteiger partial charge is 0.396 e. The maximum absolute atomic E-state index is 12.4. The minimum absolute atomic E-state index is 0.0139. The van der Waals surface area contributed by atoms with Gasteiger partial charge in [-0.25, -0.2) is 4.79 Å². The summed E-state index contributed by atoms with van der Waals surface area (Å²) in [6.45, 7) is 8.19. The summed E-state index contributed by atoms with van der Waals surface area (Å²) in [5, 5.41) is 0. The Morgan fingerprint density at radius 2 is 1.95 bits per heavy atom. The number of benzene rings is 1. The molecule has 1 aromatic carbocycles. The van der Waals surface area contributed by atoms with E-state index in [-0.39, 0.29) is 5.69 Å². The Hall–Kier alpha value is -1.49. The van der Waals surface area contributed by atoms with Crippen molar-refractivity contribution in [1.82, 2.24) is 9.55 Å². The Labute approximate surface area is 132 Å². The standard InChI is InChI=1S/C17H23BN3O/c1-11-7-15-16(8-12(11)2)20(17(22)19-15)9-14-10-21(18)5-3-13(14)4-6-21/h7-8,13-14H,3-6,9-10H2,1-2H3,(H,19,22)/q+1. The van der Waals surface area contributed by atoms with Gasteiger partial charge in [-0.15, -0.1) is 0 Å². The third-order valence-electron chi connectivity index (χ3n) is 5.96. The monoisotopic (exact) mass is 296 g/mol. The van der Waals surface area contributed by atoms with Gasteiger partial charge in [0.05, 0.1) is 30.7 Å². The molecule has 114 valence electrons. The molecule has 5 rings (SSSR count). The molecule has 0 aliphatic carbocycles. The molecular weight excluding hydrogens is 273 g/mol. The summed E-state index contributed by atoms with van der Waals surface area (Å²) in [4.78, 5) is 15.4. The molecule has 3 aliphatic rings. The van der Waals surface area contributed by atoms with Gasteiger partial charge >= 0.3 is 13.7 Å². The highest BCUT2D eigenvalue weighted by molar-refractivity contribution is 5.97. The van der Waals surface area contributed by atoms with Crippen LogP contribution in [0.1, 0.15) is 24.0 Å². The van der Waals surface area contributed by atoms with Crippen LogP contribution in [0.15, 0.2) is 16.9 Å². The van der Waals surface area contributed by atoms with E-state index < -0.39 is 0 Å². The van der Waals surface area contributed by atoms with E-state index in [0.717, 1.165) is 43.1 Å². The molecule has 2 bridgehead atoms. The lowest BCUT2D eigenvalue weighted by atomic mass is 9.75. The number of rotatable bonds is 2. The van der Waals surface area contributed by atoms with Crippen LogP contribution in [0.25, 0.3) is 11.0 Å². The highest BCUT2D eigenvalue weighted by atomic mass is 16.1.